The van der Waals surface area contributed by atoms with Gasteiger partial charge in [0.2, 0.25) is 5.91 Å². The molecule has 2 aliphatic rings. The number of rotatable bonds is 10. The van der Waals surface area contributed by atoms with Crippen molar-refractivity contribution in [1.29, 1.82) is 0 Å². The molecule has 1 aliphatic carbocycles. The Bertz CT molecular complexity index is 1100. The van der Waals surface area contributed by atoms with Gasteiger partial charge in [-0.2, -0.15) is 0 Å². The SMILES string of the molecule is CCOCCCc1cc(CN(C(=O)C2CNCCC2c2ccn(C)c(=O)c2)C2CC2)cc(Br)c1C. The van der Waals surface area contributed by atoms with Crippen molar-refractivity contribution >= 4 is 21.8 Å². The zero-order valence-corrected chi connectivity index (χ0v) is 22.8. The Morgan fingerprint density at radius 2 is 2.06 bits per heavy atom. The zero-order valence-electron chi connectivity index (χ0n) is 21.2. The normalized spacial score (nSPS) is 20.1. The number of amides is 1. The van der Waals surface area contributed by atoms with Gasteiger partial charge in [0.05, 0.1) is 5.92 Å². The van der Waals surface area contributed by atoms with Crippen molar-refractivity contribution in [2.75, 3.05) is 26.3 Å². The average molecular weight is 545 g/mol. The van der Waals surface area contributed by atoms with Gasteiger partial charge in [0.15, 0.2) is 0 Å². The first-order valence-electron chi connectivity index (χ1n) is 12.9. The Balaban J connectivity index is 1.54. The van der Waals surface area contributed by atoms with Crippen molar-refractivity contribution in [3.63, 3.8) is 0 Å². The number of benzene rings is 1. The average Bonchev–Trinajstić information content (AvgIpc) is 3.70. The first kappa shape index (κ1) is 26.1. The number of hydrogen-bond acceptors (Lipinski definition) is 4. The van der Waals surface area contributed by atoms with Gasteiger partial charge in [0.25, 0.3) is 5.56 Å². The molecule has 7 heteroatoms. The fourth-order valence-corrected chi connectivity index (χ4v) is 5.70. The van der Waals surface area contributed by atoms with Gasteiger partial charge in [-0.1, -0.05) is 22.0 Å². The Labute approximate surface area is 217 Å². The maximum atomic E-state index is 14.0. The molecule has 0 radical (unpaired) electrons. The lowest BCUT2D eigenvalue weighted by molar-refractivity contribution is -0.138. The second-order valence-electron chi connectivity index (χ2n) is 9.97. The number of pyridine rings is 1. The van der Waals surface area contributed by atoms with Gasteiger partial charge in [-0.15, -0.1) is 0 Å². The van der Waals surface area contributed by atoms with Crippen LogP contribution >= 0.6 is 15.9 Å². The molecule has 6 nitrogen and oxygen atoms in total. The number of nitrogens with zero attached hydrogens (tertiary/aromatic N) is 2. The van der Waals surface area contributed by atoms with Crippen molar-refractivity contribution in [2.24, 2.45) is 13.0 Å². The summed E-state index contributed by atoms with van der Waals surface area (Å²) < 4.78 is 8.21. The fourth-order valence-electron chi connectivity index (χ4n) is 5.15. The molecule has 2 atom stereocenters. The maximum absolute atomic E-state index is 14.0. The Kier molecular flexibility index (Phi) is 8.84. The molecule has 2 unspecified atom stereocenters. The first-order chi connectivity index (χ1) is 16.9. The third-order valence-corrected chi connectivity index (χ3v) is 8.25. The maximum Gasteiger partial charge on any atom is 0.250 e. The lowest BCUT2D eigenvalue weighted by Crippen LogP contribution is -2.47. The number of hydrogen-bond donors (Lipinski definition) is 1. The van der Waals surface area contributed by atoms with E-state index in [4.69, 9.17) is 4.74 Å². The van der Waals surface area contributed by atoms with Gasteiger partial charge < -0.3 is 19.5 Å². The summed E-state index contributed by atoms with van der Waals surface area (Å²) in [7, 11) is 1.76. The molecule has 1 aliphatic heterocycles. The second kappa shape index (κ2) is 11.8. The van der Waals surface area contributed by atoms with E-state index in [0.29, 0.717) is 19.1 Å². The topological polar surface area (TPSA) is 63.6 Å². The zero-order chi connectivity index (χ0) is 24.9. The van der Waals surface area contributed by atoms with Crippen LogP contribution in [0.2, 0.25) is 0 Å². The molecular weight excluding hydrogens is 506 g/mol. The lowest BCUT2D eigenvalue weighted by atomic mass is 9.80. The van der Waals surface area contributed by atoms with E-state index >= 15 is 0 Å². The number of nitrogens with one attached hydrogen (secondary N) is 1. The van der Waals surface area contributed by atoms with Crippen molar-refractivity contribution in [2.45, 2.75) is 64.5 Å². The number of aryl methyl sites for hydroxylation is 2. The van der Waals surface area contributed by atoms with Crippen LogP contribution in [-0.2, 0) is 29.5 Å². The first-order valence-corrected chi connectivity index (χ1v) is 13.7. The number of piperidine rings is 1. The van der Waals surface area contributed by atoms with Gasteiger partial charge >= 0.3 is 0 Å². The summed E-state index contributed by atoms with van der Waals surface area (Å²) >= 11 is 3.75. The molecule has 1 amide bonds. The molecule has 1 N–H and O–H groups in total. The predicted octanol–water partition coefficient (Wildman–Crippen LogP) is 4.31. The highest BCUT2D eigenvalue weighted by Gasteiger charge is 2.40. The summed E-state index contributed by atoms with van der Waals surface area (Å²) in [6.45, 7) is 7.83. The highest BCUT2D eigenvalue weighted by atomic mass is 79.9. The van der Waals surface area contributed by atoms with Gasteiger partial charge in [-0.25, -0.2) is 0 Å². The van der Waals surface area contributed by atoms with Crippen molar-refractivity contribution in [3.05, 3.63) is 67.5 Å². The summed E-state index contributed by atoms with van der Waals surface area (Å²) in [6.07, 6.45) is 6.77. The summed E-state index contributed by atoms with van der Waals surface area (Å²) in [5, 5.41) is 3.43. The number of halogens is 1. The third-order valence-electron chi connectivity index (χ3n) is 7.43. The van der Waals surface area contributed by atoms with E-state index in [1.807, 2.05) is 19.2 Å². The van der Waals surface area contributed by atoms with Crippen LogP contribution in [0, 0.1) is 12.8 Å². The molecule has 2 aromatic rings. The van der Waals surface area contributed by atoms with Crippen LogP contribution in [-0.4, -0.2) is 47.7 Å². The lowest BCUT2D eigenvalue weighted by Gasteiger charge is -2.36. The Morgan fingerprint density at radius 1 is 1.26 bits per heavy atom. The molecule has 1 aromatic heterocycles. The summed E-state index contributed by atoms with van der Waals surface area (Å²) in [4.78, 5) is 28.4. The number of carbonyl (C=O) groups is 1. The molecule has 2 heterocycles. The van der Waals surface area contributed by atoms with Crippen LogP contribution < -0.4 is 10.9 Å². The number of aromatic nitrogens is 1. The summed E-state index contributed by atoms with van der Waals surface area (Å²) in [5.41, 5.74) is 4.71. The minimum atomic E-state index is -0.156. The number of carbonyl (C=O) groups excluding carboxylic acids is 1. The quantitative estimate of drug-likeness (QED) is 0.453. The van der Waals surface area contributed by atoms with E-state index in [2.05, 4.69) is 45.2 Å². The molecule has 0 spiro atoms. The Morgan fingerprint density at radius 3 is 2.77 bits per heavy atom. The molecule has 1 saturated heterocycles. The van der Waals surface area contributed by atoms with Crippen LogP contribution in [0.5, 0.6) is 0 Å². The smallest absolute Gasteiger partial charge is 0.250 e. The molecule has 2 fully saturated rings. The van der Waals surface area contributed by atoms with E-state index in [9.17, 15) is 9.59 Å². The fraction of sp³-hybridized carbons (Fsp3) is 0.571. The summed E-state index contributed by atoms with van der Waals surface area (Å²) in [6, 6.07) is 8.47. The van der Waals surface area contributed by atoms with Crippen LogP contribution in [0.15, 0.2) is 39.7 Å². The largest absolute Gasteiger partial charge is 0.382 e. The molecule has 4 rings (SSSR count). The third kappa shape index (κ3) is 6.43. The highest BCUT2D eigenvalue weighted by molar-refractivity contribution is 9.10. The van der Waals surface area contributed by atoms with Crippen LogP contribution in [0.1, 0.15) is 60.8 Å². The molecule has 35 heavy (non-hydrogen) atoms. The molecule has 190 valence electrons. The van der Waals surface area contributed by atoms with Gasteiger partial charge in [0.1, 0.15) is 0 Å². The summed E-state index contributed by atoms with van der Waals surface area (Å²) in [5.74, 6) is 0.119. The minimum absolute atomic E-state index is 0.0207. The van der Waals surface area contributed by atoms with Crippen molar-refractivity contribution in [3.8, 4) is 0 Å². The van der Waals surface area contributed by atoms with E-state index in [1.165, 1.54) is 16.7 Å². The van der Waals surface area contributed by atoms with Gasteiger partial charge in [-0.3, -0.25) is 9.59 Å². The molecule has 1 saturated carbocycles. The van der Waals surface area contributed by atoms with Crippen LogP contribution in [0.25, 0.3) is 0 Å². The van der Waals surface area contributed by atoms with E-state index < -0.39 is 0 Å². The predicted molar refractivity (Wildman–Crippen MR) is 143 cm³/mol. The van der Waals surface area contributed by atoms with Crippen LogP contribution in [0.3, 0.4) is 0 Å². The molecule has 0 bridgehead atoms. The Hall–Kier alpha value is -1.96. The van der Waals surface area contributed by atoms with E-state index in [-0.39, 0.29) is 23.3 Å². The van der Waals surface area contributed by atoms with Crippen LogP contribution in [0.4, 0.5) is 0 Å². The highest BCUT2D eigenvalue weighted by Crippen LogP contribution is 2.36. The van der Waals surface area contributed by atoms with Gasteiger partial charge in [-0.05, 0) is 92.8 Å². The minimum Gasteiger partial charge on any atom is -0.382 e. The van der Waals surface area contributed by atoms with E-state index in [0.717, 1.165) is 61.9 Å². The molecular formula is C28H38BrN3O3. The van der Waals surface area contributed by atoms with Gasteiger partial charge in [0, 0.05) is 56.1 Å². The van der Waals surface area contributed by atoms with Crippen molar-refractivity contribution in [1.82, 2.24) is 14.8 Å². The van der Waals surface area contributed by atoms with E-state index in [1.54, 1.807) is 17.7 Å². The molecule has 1 aromatic carbocycles. The second-order valence-corrected chi connectivity index (χ2v) is 10.8. The monoisotopic (exact) mass is 543 g/mol. The number of ether oxygens (including phenoxy) is 1. The standard InChI is InChI=1S/C28H38BrN3O3/c1-4-35-13-5-6-21-14-20(15-26(29)19(21)2)18-32(23-7-8-23)28(34)25-17-30-11-9-24(25)22-10-12-31(3)27(33)16-22/h10,12,14-16,23-25,30H,4-9,11,13,17-18H2,1-3H3. The van der Waals surface area contributed by atoms with Crippen molar-refractivity contribution < 1.29 is 9.53 Å².